The average Bonchev–Trinajstić information content (AvgIpc) is 2.63. The highest BCUT2D eigenvalue weighted by Gasteiger charge is 2.24. The van der Waals surface area contributed by atoms with Crippen molar-refractivity contribution in [1.82, 2.24) is 9.88 Å². The van der Waals surface area contributed by atoms with Gasteiger partial charge in [-0.3, -0.25) is 9.36 Å². The second kappa shape index (κ2) is 5.63. The molecule has 106 valence electrons. The van der Waals surface area contributed by atoms with Gasteiger partial charge in [-0.1, -0.05) is 19.3 Å². The van der Waals surface area contributed by atoms with E-state index in [0.717, 1.165) is 18.5 Å². The number of nitrogens with zero attached hydrogens (tertiary/aromatic N) is 1. The number of carbonyl (C=O) groups excluding carboxylic acids is 1. The lowest BCUT2D eigenvalue weighted by molar-refractivity contribution is -0.125. The van der Waals surface area contributed by atoms with Crippen molar-refractivity contribution in [3.8, 4) is 0 Å². The molecule has 1 fully saturated rings. The van der Waals surface area contributed by atoms with Crippen LogP contribution in [-0.4, -0.2) is 16.5 Å². The fourth-order valence-electron chi connectivity index (χ4n) is 2.70. The second-order valence-corrected chi connectivity index (χ2v) is 5.40. The zero-order chi connectivity index (χ0) is 14.0. The van der Waals surface area contributed by atoms with Crippen LogP contribution in [0.5, 0.6) is 0 Å². The van der Waals surface area contributed by atoms with Crippen molar-refractivity contribution in [1.29, 1.82) is 0 Å². The Morgan fingerprint density at radius 2 is 1.95 bits per heavy atom. The van der Waals surface area contributed by atoms with Gasteiger partial charge in [0.1, 0.15) is 11.8 Å². The molecular weight excluding hydrogens is 244 g/mol. The third-order valence-corrected chi connectivity index (χ3v) is 4.03. The highest BCUT2D eigenvalue weighted by atomic mass is 16.4. The molecule has 5 nitrogen and oxygen atoms in total. The molecule has 0 radical (unpaired) electrons. The van der Waals surface area contributed by atoms with Crippen molar-refractivity contribution in [3.63, 3.8) is 0 Å². The molecule has 1 aromatic rings. The maximum atomic E-state index is 12.2. The molecule has 1 heterocycles. The Morgan fingerprint density at radius 1 is 1.32 bits per heavy atom. The Kier molecular flexibility index (Phi) is 4.12. The predicted octanol–water partition coefficient (Wildman–Crippen LogP) is 2.07. The predicted molar refractivity (Wildman–Crippen MR) is 72.2 cm³/mol. The highest BCUT2D eigenvalue weighted by Crippen LogP contribution is 2.18. The molecule has 0 bridgehead atoms. The molecule has 0 saturated heterocycles. The van der Waals surface area contributed by atoms with Crippen LogP contribution in [0.25, 0.3) is 0 Å². The molecule has 2 rings (SSSR count). The topological polar surface area (TPSA) is 64.2 Å². The first-order valence-corrected chi connectivity index (χ1v) is 6.99. The summed E-state index contributed by atoms with van der Waals surface area (Å²) in [5, 5.41) is 3.04. The van der Waals surface area contributed by atoms with Crippen LogP contribution in [0.15, 0.2) is 9.21 Å². The van der Waals surface area contributed by atoms with Crippen molar-refractivity contribution in [2.24, 2.45) is 0 Å². The number of aryl methyl sites for hydroxylation is 1. The first kappa shape index (κ1) is 13.9. The van der Waals surface area contributed by atoms with E-state index < -0.39 is 11.8 Å². The normalized spacial score (nSPS) is 18.3. The van der Waals surface area contributed by atoms with E-state index in [1.165, 1.54) is 23.8 Å². The number of hydrogen-bond acceptors (Lipinski definition) is 3. The Balaban J connectivity index is 2.08. The SMILES string of the molecule is Cc1oc(=O)n([C@H](C)C(=O)NC2CCCCC2)c1C. The Hall–Kier alpha value is -1.52. The molecule has 0 spiro atoms. The van der Waals surface area contributed by atoms with Crippen molar-refractivity contribution in [2.45, 2.75) is 65.0 Å². The summed E-state index contributed by atoms with van der Waals surface area (Å²) in [5.41, 5.74) is 0.719. The number of amides is 1. The molecular formula is C14H22N2O3. The lowest BCUT2D eigenvalue weighted by Gasteiger charge is -2.24. The van der Waals surface area contributed by atoms with E-state index in [0.29, 0.717) is 5.76 Å². The summed E-state index contributed by atoms with van der Waals surface area (Å²) in [7, 11) is 0. The summed E-state index contributed by atoms with van der Waals surface area (Å²) < 4.78 is 6.46. The number of rotatable bonds is 3. The number of oxazole rings is 1. The van der Waals surface area contributed by atoms with Gasteiger partial charge in [0.2, 0.25) is 5.91 Å². The quantitative estimate of drug-likeness (QED) is 0.910. The number of aromatic nitrogens is 1. The summed E-state index contributed by atoms with van der Waals surface area (Å²) in [6.07, 6.45) is 5.67. The zero-order valence-corrected chi connectivity index (χ0v) is 11.9. The third-order valence-electron chi connectivity index (χ3n) is 4.03. The lowest BCUT2D eigenvalue weighted by atomic mass is 9.95. The van der Waals surface area contributed by atoms with Crippen LogP contribution < -0.4 is 11.1 Å². The van der Waals surface area contributed by atoms with Gasteiger partial charge in [0.05, 0.1) is 5.69 Å². The average molecular weight is 266 g/mol. The molecule has 1 aliphatic carbocycles. The van der Waals surface area contributed by atoms with Crippen LogP contribution >= 0.6 is 0 Å². The van der Waals surface area contributed by atoms with Crippen molar-refractivity contribution in [2.75, 3.05) is 0 Å². The molecule has 5 heteroatoms. The van der Waals surface area contributed by atoms with E-state index in [4.69, 9.17) is 4.42 Å². The fourth-order valence-corrected chi connectivity index (χ4v) is 2.70. The van der Waals surface area contributed by atoms with E-state index in [1.807, 2.05) is 0 Å². The summed E-state index contributed by atoms with van der Waals surface area (Å²) in [5.74, 6) is 0.0153. The van der Waals surface area contributed by atoms with Gasteiger partial charge in [-0.05, 0) is 33.6 Å². The van der Waals surface area contributed by atoms with Gasteiger partial charge in [0, 0.05) is 6.04 Å². The van der Waals surface area contributed by atoms with E-state index in [-0.39, 0.29) is 11.9 Å². The first-order valence-electron chi connectivity index (χ1n) is 6.99. The summed E-state index contributed by atoms with van der Waals surface area (Å²) in [4.78, 5) is 23.9. The summed E-state index contributed by atoms with van der Waals surface area (Å²) >= 11 is 0. The molecule has 1 aromatic heterocycles. The minimum atomic E-state index is -0.521. The van der Waals surface area contributed by atoms with Crippen LogP contribution in [0.1, 0.15) is 56.5 Å². The van der Waals surface area contributed by atoms with Gasteiger partial charge in [-0.2, -0.15) is 0 Å². The van der Waals surface area contributed by atoms with Gasteiger partial charge in [0.15, 0.2) is 0 Å². The van der Waals surface area contributed by atoms with Gasteiger partial charge < -0.3 is 9.73 Å². The Labute approximate surface area is 113 Å². The Bertz CT molecular complexity index is 509. The minimum absolute atomic E-state index is 0.0992. The van der Waals surface area contributed by atoms with Crippen LogP contribution in [0.3, 0.4) is 0 Å². The zero-order valence-electron chi connectivity index (χ0n) is 11.9. The van der Waals surface area contributed by atoms with Crippen LogP contribution in [0.2, 0.25) is 0 Å². The standard InChI is InChI=1S/C14H22N2O3/c1-9-11(3)19-14(18)16(9)10(2)13(17)15-12-7-5-4-6-8-12/h10,12H,4-8H2,1-3H3,(H,15,17)/t10-/m1/s1. The van der Waals surface area contributed by atoms with Gasteiger partial charge in [-0.15, -0.1) is 0 Å². The highest BCUT2D eigenvalue weighted by molar-refractivity contribution is 5.80. The van der Waals surface area contributed by atoms with E-state index in [2.05, 4.69) is 5.32 Å². The van der Waals surface area contributed by atoms with E-state index in [1.54, 1.807) is 20.8 Å². The maximum absolute atomic E-state index is 12.2. The van der Waals surface area contributed by atoms with Crippen LogP contribution in [0.4, 0.5) is 0 Å². The van der Waals surface area contributed by atoms with E-state index in [9.17, 15) is 9.59 Å². The monoisotopic (exact) mass is 266 g/mol. The molecule has 1 N–H and O–H groups in total. The smallest absolute Gasteiger partial charge is 0.413 e. The fraction of sp³-hybridized carbons (Fsp3) is 0.714. The second-order valence-electron chi connectivity index (χ2n) is 5.40. The van der Waals surface area contributed by atoms with Crippen LogP contribution in [-0.2, 0) is 4.79 Å². The molecule has 0 aliphatic heterocycles. The number of hydrogen-bond donors (Lipinski definition) is 1. The lowest BCUT2D eigenvalue weighted by Crippen LogP contribution is -2.41. The summed E-state index contributed by atoms with van der Waals surface area (Å²) in [6, 6.07) is -0.264. The van der Waals surface area contributed by atoms with Crippen LogP contribution in [0, 0.1) is 13.8 Å². The largest absolute Gasteiger partial charge is 0.420 e. The van der Waals surface area contributed by atoms with E-state index >= 15 is 0 Å². The number of carbonyl (C=O) groups is 1. The molecule has 1 aliphatic rings. The van der Waals surface area contributed by atoms with Gasteiger partial charge >= 0.3 is 5.76 Å². The maximum Gasteiger partial charge on any atom is 0.420 e. The molecule has 1 atom stereocenters. The van der Waals surface area contributed by atoms with Gasteiger partial charge in [-0.25, -0.2) is 4.79 Å². The van der Waals surface area contributed by atoms with Crippen molar-refractivity contribution >= 4 is 5.91 Å². The third kappa shape index (κ3) is 2.91. The Morgan fingerprint density at radius 3 is 2.47 bits per heavy atom. The van der Waals surface area contributed by atoms with Gasteiger partial charge in [0.25, 0.3) is 0 Å². The first-order chi connectivity index (χ1) is 9.00. The van der Waals surface area contributed by atoms with Crippen molar-refractivity contribution < 1.29 is 9.21 Å². The molecule has 0 unspecified atom stereocenters. The minimum Gasteiger partial charge on any atom is -0.413 e. The van der Waals surface area contributed by atoms with Crippen molar-refractivity contribution in [3.05, 3.63) is 22.0 Å². The molecule has 1 amide bonds. The number of nitrogens with one attached hydrogen (secondary N) is 1. The molecule has 1 saturated carbocycles. The summed E-state index contributed by atoms with van der Waals surface area (Å²) in [6.45, 7) is 5.27. The molecule has 19 heavy (non-hydrogen) atoms. The molecule has 0 aromatic carbocycles.